The van der Waals surface area contributed by atoms with Crippen molar-refractivity contribution in [2.75, 3.05) is 12.4 Å². The van der Waals surface area contributed by atoms with Crippen molar-refractivity contribution in [3.63, 3.8) is 0 Å². The number of pyridine rings is 1. The first-order chi connectivity index (χ1) is 14.5. The van der Waals surface area contributed by atoms with Crippen molar-refractivity contribution in [2.24, 2.45) is 5.92 Å². The Morgan fingerprint density at radius 2 is 2.00 bits per heavy atom. The van der Waals surface area contributed by atoms with Crippen molar-refractivity contribution in [2.45, 2.75) is 59.0 Å². The van der Waals surface area contributed by atoms with Gasteiger partial charge in [0.2, 0.25) is 5.43 Å². The van der Waals surface area contributed by atoms with E-state index in [1.165, 1.54) is 10.7 Å². The van der Waals surface area contributed by atoms with Crippen molar-refractivity contribution in [1.29, 1.82) is 0 Å². The highest BCUT2D eigenvalue weighted by molar-refractivity contribution is 5.97. The Morgan fingerprint density at radius 1 is 1.23 bits per heavy atom. The number of carbonyl (C=O) groups excluding carboxylic acids is 1. The van der Waals surface area contributed by atoms with Gasteiger partial charge in [-0.25, -0.2) is 0 Å². The lowest BCUT2D eigenvalue weighted by molar-refractivity contribution is -0.169. The molecule has 7 heteroatoms. The second-order valence-corrected chi connectivity index (χ2v) is 7.95. The van der Waals surface area contributed by atoms with E-state index in [2.05, 4.69) is 0 Å². The van der Waals surface area contributed by atoms with E-state index in [0.29, 0.717) is 12.3 Å². The van der Waals surface area contributed by atoms with Crippen molar-refractivity contribution < 1.29 is 19.0 Å². The quantitative estimate of drug-likeness (QED) is 0.499. The average molecular weight is 415 g/mol. The largest absolute Gasteiger partial charge is 0.483 e. The van der Waals surface area contributed by atoms with Gasteiger partial charge in [0.25, 0.3) is 0 Å². The van der Waals surface area contributed by atoms with Gasteiger partial charge in [-0.15, -0.1) is 0 Å². The smallest absolute Gasteiger partial charge is 0.224 e. The Kier molecular flexibility index (Phi) is 7.65. The predicted molar refractivity (Wildman–Crippen MR) is 114 cm³/mol. The van der Waals surface area contributed by atoms with E-state index in [4.69, 9.17) is 20.1 Å². The molecule has 1 saturated heterocycles. The molecule has 1 atom stereocenters. The second-order valence-electron chi connectivity index (χ2n) is 7.95. The molecule has 162 valence electrons. The zero-order chi connectivity index (χ0) is 21.5. The number of nitrogen functional groups attached to an aromatic ring is 1. The van der Waals surface area contributed by atoms with Crippen LogP contribution in [0.2, 0.25) is 0 Å². The van der Waals surface area contributed by atoms with Gasteiger partial charge in [-0.05, 0) is 30.7 Å². The standard InChI is InChI=1S/C23H30N2O5/c1-16(2)12-19(26)22-23(30-14-17-8-4-3-5-9-17)20(27)13-18(25(22)24)15-29-21-10-6-7-11-28-21/h3-5,8-9,13,16,21H,6-7,10-12,14-15,24H2,1-2H3. The number of nitrogens with zero attached hydrogens (tertiary/aromatic N) is 1. The minimum Gasteiger partial charge on any atom is -0.483 e. The lowest BCUT2D eigenvalue weighted by atomic mass is 10.0. The van der Waals surface area contributed by atoms with Crippen molar-refractivity contribution >= 4 is 5.78 Å². The van der Waals surface area contributed by atoms with Gasteiger partial charge in [0.15, 0.2) is 23.5 Å². The average Bonchev–Trinajstić information content (AvgIpc) is 2.73. The van der Waals surface area contributed by atoms with Crippen molar-refractivity contribution in [3.8, 4) is 5.75 Å². The summed E-state index contributed by atoms with van der Waals surface area (Å²) in [6.45, 7) is 4.79. The van der Waals surface area contributed by atoms with Crippen LogP contribution in [0.3, 0.4) is 0 Å². The third kappa shape index (κ3) is 5.70. The molecular weight excluding hydrogens is 384 g/mol. The predicted octanol–water partition coefficient (Wildman–Crippen LogP) is 3.41. The van der Waals surface area contributed by atoms with E-state index < -0.39 is 0 Å². The summed E-state index contributed by atoms with van der Waals surface area (Å²) in [7, 11) is 0. The van der Waals surface area contributed by atoms with E-state index in [9.17, 15) is 9.59 Å². The van der Waals surface area contributed by atoms with E-state index in [1.54, 1.807) is 0 Å². The number of ketones is 1. The summed E-state index contributed by atoms with van der Waals surface area (Å²) in [6, 6.07) is 10.8. The molecular formula is C23H30N2O5. The first-order valence-electron chi connectivity index (χ1n) is 10.4. The fraction of sp³-hybridized carbons (Fsp3) is 0.478. The van der Waals surface area contributed by atoms with Gasteiger partial charge in [-0.2, -0.15) is 0 Å². The van der Waals surface area contributed by atoms with Gasteiger partial charge >= 0.3 is 0 Å². The molecule has 1 aromatic heterocycles. The number of hydrogen-bond donors (Lipinski definition) is 1. The molecule has 1 aliphatic heterocycles. The molecule has 2 N–H and O–H groups in total. The zero-order valence-corrected chi connectivity index (χ0v) is 17.6. The Bertz CT molecular complexity index is 902. The Labute approximate surface area is 176 Å². The molecule has 7 nitrogen and oxygen atoms in total. The first kappa shape index (κ1) is 22.1. The molecule has 3 rings (SSSR count). The van der Waals surface area contributed by atoms with Crippen LogP contribution >= 0.6 is 0 Å². The Hall–Kier alpha value is -2.64. The fourth-order valence-corrected chi connectivity index (χ4v) is 3.39. The first-order valence-corrected chi connectivity index (χ1v) is 10.4. The maximum Gasteiger partial charge on any atom is 0.224 e. The summed E-state index contributed by atoms with van der Waals surface area (Å²) in [5.74, 6) is 6.13. The number of nitrogens with two attached hydrogens (primary N) is 1. The summed E-state index contributed by atoms with van der Waals surface area (Å²) in [4.78, 5) is 25.8. The molecule has 0 radical (unpaired) electrons. The molecule has 0 aliphatic carbocycles. The van der Waals surface area contributed by atoms with Gasteiger partial charge < -0.3 is 20.1 Å². The molecule has 1 aromatic carbocycles. The third-order valence-corrected chi connectivity index (χ3v) is 4.93. The number of carbonyl (C=O) groups is 1. The van der Waals surface area contributed by atoms with Crippen molar-refractivity contribution in [1.82, 2.24) is 4.68 Å². The second kappa shape index (κ2) is 10.4. The summed E-state index contributed by atoms with van der Waals surface area (Å²) in [5.41, 5.74) is 0.996. The molecule has 1 fully saturated rings. The summed E-state index contributed by atoms with van der Waals surface area (Å²) in [6.07, 6.45) is 2.78. The van der Waals surface area contributed by atoms with Crippen LogP contribution in [0.25, 0.3) is 0 Å². The number of benzene rings is 1. The molecule has 0 saturated carbocycles. The molecule has 0 spiro atoms. The van der Waals surface area contributed by atoms with E-state index in [1.807, 2.05) is 44.2 Å². The van der Waals surface area contributed by atoms with Crippen LogP contribution in [0.5, 0.6) is 5.75 Å². The van der Waals surface area contributed by atoms with E-state index in [0.717, 1.165) is 24.8 Å². The molecule has 1 unspecified atom stereocenters. The highest BCUT2D eigenvalue weighted by atomic mass is 16.7. The van der Waals surface area contributed by atoms with Gasteiger partial charge in [0.1, 0.15) is 6.61 Å². The van der Waals surface area contributed by atoms with Crippen LogP contribution in [-0.4, -0.2) is 23.4 Å². The molecule has 1 aliphatic rings. The molecule has 2 heterocycles. The molecule has 0 amide bonds. The summed E-state index contributed by atoms with van der Waals surface area (Å²) < 4.78 is 18.4. The monoisotopic (exact) mass is 414 g/mol. The minimum atomic E-state index is -0.386. The number of ether oxygens (including phenoxy) is 3. The van der Waals surface area contributed by atoms with Gasteiger partial charge in [0.05, 0.1) is 12.3 Å². The van der Waals surface area contributed by atoms with Crippen LogP contribution < -0.4 is 16.0 Å². The van der Waals surface area contributed by atoms with Crippen molar-refractivity contribution in [3.05, 3.63) is 63.6 Å². The van der Waals surface area contributed by atoms with E-state index in [-0.39, 0.29) is 54.5 Å². The Morgan fingerprint density at radius 3 is 2.67 bits per heavy atom. The van der Waals surface area contributed by atoms with Gasteiger partial charge in [-0.3, -0.25) is 14.3 Å². The molecule has 30 heavy (non-hydrogen) atoms. The molecule has 0 bridgehead atoms. The highest BCUT2D eigenvalue weighted by Crippen LogP contribution is 2.21. The third-order valence-electron chi connectivity index (χ3n) is 4.93. The summed E-state index contributed by atoms with van der Waals surface area (Å²) >= 11 is 0. The van der Waals surface area contributed by atoms with Crippen LogP contribution in [0.15, 0.2) is 41.2 Å². The minimum absolute atomic E-state index is 0.0235. The topological polar surface area (TPSA) is 92.8 Å². The van der Waals surface area contributed by atoms with Gasteiger partial charge in [-0.1, -0.05) is 44.2 Å². The number of Topliss-reactive ketones (excluding diaryl/α,β-unsaturated/α-hetero) is 1. The summed E-state index contributed by atoms with van der Waals surface area (Å²) in [5, 5.41) is 0. The number of aromatic nitrogens is 1. The Balaban J connectivity index is 1.87. The maximum absolute atomic E-state index is 12.9. The SMILES string of the molecule is CC(C)CC(=O)c1c(OCc2ccccc2)c(=O)cc(COC2CCCCO2)n1N. The number of rotatable bonds is 9. The van der Waals surface area contributed by atoms with Crippen LogP contribution in [0.4, 0.5) is 0 Å². The van der Waals surface area contributed by atoms with Crippen LogP contribution in [0, 0.1) is 5.92 Å². The van der Waals surface area contributed by atoms with Crippen LogP contribution in [0.1, 0.15) is 61.3 Å². The zero-order valence-electron chi connectivity index (χ0n) is 17.6. The highest BCUT2D eigenvalue weighted by Gasteiger charge is 2.24. The van der Waals surface area contributed by atoms with E-state index >= 15 is 0 Å². The van der Waals surface area contributed by atoms with Gasteiger partial charge in [0, 0.05) is 19.1 Å². The fourth-order valence-electron chi connectivity index (χ4n) is 3.39. The van der Waals surface area contributed by atoms with Crippen LogP contribution in [-0.2, 0) is 22.7 Å². The number of hydrogen-bond acceptors (Lipinski definition) is 6. The molecule has 2 aromatic rings. The maximum atomic E-state index is 12.9. The normalized spacial score (nSPS) is 16.6. The lowest BCUT2D eigenvalue weighted by Crippen LogP contribution is -2.30. The lowest BCUT2D eigenvalue weighted by Gasteiger charge is -2.24.